The topological polar surface area (TPSA) is 16.1 Å². The van der Waals surface area contributed by atoms with E-state index in [-0.39, 0.29) is 0 Å². The van der Waals surface area contributed by atoms with E-state index in [4.69, 9.17) is 4.98 Å². The second kappa shape index (κ2) is 19.3. The van der Waals surface area contributed by atoms with E-state index in [1.54, 1.807) is 0 Å². The SMILES string of the molecule is c1ccc(P(CN(Cc2ccccn2)CP(CP(c2ccccc2)c2ccccc2)c2ccccc2)CP(c2ccccc2)c2ccccc2)cc1. The quantitative estimate of drug-likeness (QED) is 0.0916. The van der Waals surface area contributed by atoms with E-state index >= 15 is 0 Å². The Morgan fingerprint density at radius 2 is 0.654 bits per heavy atom. The number of aromatic nitrogens is 1. The Morgan fingerprint density at radius 3 is 0.962 bits per heavy atom. The molecule has 2 nitrogen and oxygen atoms in total. The van der Waals surface area contributed by atoms with Gasteiger partial charge < -0.3 is 0 Å². The summed E-state index contributed by atoms with van der Waals surface area (Å²) in [5, 5.41) is 8.75. The Balaban J connectivity index is 1.27. The van der Waals surface area contributed by atoms with Gasteiger partial charge in [-0.15, -0.1) is 0 Å². The van der Waals surface area contributed by atoms with E-state index in [0.717, 1.165) is 36.6 Å². The number of rotatable bonds is 16. The molecule has 6 aromatic carbocycles. The molecule has 0 aliphatic rings. The highest BCUT2D eigenvalue weighted by Crippen LogP contribution is 2.53. The third-order valence-corrected chi connectivity index (χ3v) is 21.2. The minimum Gasteiger partial charge on any atom is -0.289 e. The van der Waals surface area contributed by atoms with Crippen LogP contribution in [0, 0.1) is 0 Å². The van der Waals surface area contributed by atoms with Crippen molar-refractivity contribution in [2.24, 2.45) is 0 Å². The van der Waals surface area contributed by atoms with Crippen molar-refractivity contribution >= 4 is 63.5 Å². The summed E-state index contributed by atoms with van der Waals surface area (Å²) in [4.78, 5) is 7.64. The summed E-state index contributed by atoms with van der Waals surface area (Å²) in [6, 6.07) is 74.0. The van der Waals surface area contributed by atoms with Crippen LogP contribution in [0.4, 0.5) is 0 Å². The first-order valence-electron chi connectivity index (χ1n) is 17.8. The summed E-state index contributed by atoms with van der Waals surface area (Å²) in [6.45, 7) is 0.835. The molecule has 0 N–H and O–H groups in total. The van der Waals surface area contributed by atoms with Crippen molar-refractivity contribution in [3.63, 3.8) is 0 Å². The average Bonchev–Trinajstić information content (AvgIpc) is 3.23. The summed E-state index contributed by atoms with van der Waals surface area (Å²) in [5.74, 6) is 2.29. The molecule has 0 spiro atoms. The molecule has 7 rings (SSSR count). The largest absolute Gasteiger partial charge is 0.289 e. The van der Waals surface area contributed by atoms with Crippen LogP contribution < -0.4 is 31.8 Å². The molecule has 0 radical (unpaired) electrons. The summed E-state index contributed by atoms with van der Waals surface area (Å²) < 4.78 is 0. The fourth-order valence-electron chi connectivity index (χ4n) is 6.44. The Kier molecular flexibility index (Phi) is 13.5. The fourth-order valence-corrected chi connectivity index (χ4v) is 19.6. The van der Waals surface area contributed by atoms with E-state index in [1.165, 1.54) is 31.8 Å². The highest BCUT2D eigenvalue weighted by molar-refractivity contribution is 7.86. The van der Waals surface area contributed by atoms with Crippen molar-refractivity contribution in [1.82, 2.24) is 9.88 Å². The molecule has 0 amide bonds. The van der Waals surface area contributed by atoms with Gasteiger partial charge in [-0.1, -0.05) is 204 Å². The first-order valence-corrected chi connectivity index (χ1v) is 24.3. The van der Waals surface area contributed by atoms with E-state index in [2.05, 4.69) is 199 Å². The molecule has 1 heterocycles. The van der Waals surface area contributed by atoms with Gasteiger partial charge >= 0.3 is 0 Å². The van der Waals surface area contributed by atoms with E-state index < -0.39 is 31.7 Å². The van der Waals surface area contributed by atoms with E-state index in [0.29, 0.717) is 0 Å². The minimum absolute atomic E-state index is 0.543. The molecular formula is C46H44N2P4. The maximum absolute atomic E-state index is 4.87. The molecule has 258 valence electrons. The lowest BCUT2D eigenvalue weighted by Crippen LogP contribution is -2.30. The van der Waals surface area contributed by atoms with Gasteiger partial charge in [0.05, 0.1) is 5.69 Å². The molecule has 2 unspecified atom stereocenters. The van der Waals surface area contributed by atoms with Crippen LogP contribution in [0.2, 0.25) is 0 Å². The van der Waals surface area contributed by atoms with Crippen LogP contribution in [0.15, 0.2) is 206 Å². The lowest BCUT2D eigenvalue weighted by molar-refractivity contribution is 0.360. The lowest BCUT2D eigenvalue weighted by atomic mass is 10.3. The molecule has 0 aliphatic carbocycles. The second-order valence-electron chi connectivity index (χ2n) is 12.7. The smallest absolute Gasteiger partial charge is 0.0544 e. The first-order chi connectivity index (χ1) is 25.8. The van der Waals surface area contributed by atoms with Gasteiger partial charge in [0.2, 0.25) is 0 Å². The number of hydrogen-bond donors (Lipinski definition) is 0. The maximum Gasteiger partial charge on any atom is 0.0544 e. The molecule has 0 saturated carbocycles. The van der Waals surface area contributed by atoms with Gasteiger partial charge in [-0.05, 0) is 59.8 Å². The molecule has 0 bridgehead atoms. The van der Waals surface area contributed by atoms with Crippen LogP contribution in [-0.2, 0) is 6.54 Å². The van der Waals surface area contributed by atoms with Crippen LogP contribution in [-0.4, -0.2) is 34.3 Å². The molecule has 7 aromatic rings. The van der Waals surface area contributed by atoms with Gasteiger partial charge in [0.15, 0.2) is 0 Å². The summed E-state index contributed by atoms with van der Waals surface area (Å²) in [7, 11) is -2.18. The Labute approximate surface area is 315 Å². The molecule has 0 saturated heterocycles. The Morgan fingerprint density at radius 1 is 0.346 bits per heavy atom. The van der Waals surface area contributed by atoms with Crippen molar-refractivity contribution in [3.05, 3.63) is 212 Å². The number of hydrogen-bond acceptors (Lipinski definition) is 2. The van der Waals surface area contributed by atoms with Gasteiger partial charge in [-0.3, -0.25) is 9.88 Å². The normalized spacial score (nSPS) is 12.6. The number of nitrogens with zero attached hydrogens (tertiary/aromatic N) is 2. The monoisotopic (exact) mass is 748 g/mol. The lowest BCUT2D eigenvalue weighted by Gasteiger charge is -2.34. The van der Waals surface area contributed by atoms with Gasteiger partial charge in [0.25, 0.3) is 0 Å². The predicted molar refractivity (Wildman–Crippen MR) is 233 cm³/mol. The Bertz CT molecular complexity index is 1810. The standard InChI is InChI=1S/C46H44N2P4/c1-7-22-41(23-8-1)49(38-51(43-26-11-3-12-27-43)44-28-13-4-14-29-44)36-48(35-40-21-19-20-34-47-40)37-50(42-24-9-2-10-25-42)39-52(45-30-15-5-16-31-45)46-32-17-6-18-33-46/h1-34H,35-39H2. The number of pyridine rings is 1. The zero-order chi connectivity index (χ0) is 35.2. The zero-order valence-electron chi connectivity index (χ0n) is 29.3. The highest BCUT2D eigenvalue weighted by atomic mass is 31.2. The van der Waals surface area contributed by atoms with Gasteiger partial charge in [0, 0.05) is 37.1 Å². The summed E-state index contributed by atoms with van der Waals surface area (Å²) in [5.41, 5.74) is 1.13. The van der Waals surface area contributed by atoms with Gasteiger partial charge in [-0.25, -0.2) is 0 Å². The van der Waals surface area contributed by atoms with Gasteiger partial charge in [-0.2, -0.15) is 0 Å². The molecule has 2 atom stereocenters. The third kappa shape index (κ3) is 10.2. The molecule has 0 fully saturated rings. The molecule has 1 aromatic heterocycles. The average molecular weight is 749 g/mol. The van der Waals surface area contributed by atoms with Crippen molar-refractivity contribution in [3.8, 4) is 0 Å². The zero-order valence-corrected chi connectivity index (χ0v) is 32.9. The van der Waals surface area contributed by atoms with Crippen molar-refractivity contribution < 1.29 is 0 Å². The predicted octanol–water partition coefficient (Wildman–Crippen LogP) is 9.59. The van der Waals surface area contributed by atoms with Gasteiger partial charge in [0.1, 0.15) is 0 Å². The second-order valence-corrected chi connectivity index (χ2v) is 22.5. The number of benzene rings is 6. The molecule has 6 heteroatoms. The van der Waals surface area contributed by atoms with Crippen LogP contribution in [0.1, 0.15) is 5.69 Å². The molecule has 52 heavy (non-hydrogen) atoms. The van der Waals surface area contributed by atoms with Crippen molar-refractivity contribution in [2.45, 2.75) is 6.54 Å². The van der Waals surface area contributed by atoms with Crippen molar-refractivity contribution in [1.29, 1.82) is 0 Å². The summed E-state index contributed by atoms with van der Waals surface area (Å²) >= 11 is 0. The van der Waals surface area contributed by atoms with Crippen molar-refractivity contribution in [2.75, 3.05) is 24.4 Å². The fraction of sp³-hybridized carbons (Fsp3) is 0.109. The highest BCUT2D eigenvalue weighted by Gasteiger charge is 2.27. The van der Waals surface area contributed by atoms with Crippen LogP contribution in [0.5, 0.6) is 0 Å². The van der Waals surface area contributed by atoms with Crippen LogP contribution in [0.25, 0.3) is 0 Å². The van der Waals surface area contributed by atoms with Crippen LogP contribution >= 0.6 is 31.7 Å². The van der Waals surface area contributed by atoms with E-state index in [9.17, 15) is 0 Å². The van der Waals surface area contributed by atoms with E-state index in [1.807, 2.05) is 12.3 Å². The third-order valence-electron chi connectivity index (χ3n) is 8.99. The Hall–Kier alpha value is -3.85. The van der Waals surface area contributed by atoms with Crippen LogP contribution in [0.3, 0.4) is 0 Å². The minimum atomic E-state index is -0.547. The maximum atomic E-state index is 4.87. The summed E-state index contributed by atoms with van der Waals surface area (Å²) in [6.07, 6.45) is 3.99. The molecular weight excluding hydrogens is 704 g/mol. The molecule has 0 aliphatic heterocycles. The first kappa shape index (κ1) is 36.5.